The molecule has 2 aromatic heterocycles. The van der Waals surface area contributed by atoms with Crippen molar-refractivity contribution < 1.29 is 10.0 Å². The van der Waals surface area contributed by atoms with Crippen molar-refractivity contribution in [2.75, 3.05) is 13.1 Å². The van der Waals surface area contributed by atoms with Crippen molar-refractivity contribution in [2.45, 2.75) is 58.7 Å². The van der Waals surface area contributed by atoms with E-state index in [9.17, 15) is 4.79 Å². The summed E-state index contributed by atoms with van der Waals surface area (Å²) in [5.74, 6) is 0.390. The van der Waals surface area contributed by atoms with Gasteiger partial charge in [0.1, 0.15) is 0 Å². The van der Waals surface area contributed by atoms with E-state index in [4.69, 9.17) is 16.8 Å². The minimum absolute atomic E-state index is 0.284. The Morgan fingerprint density at radius 2 is 2.00 bits per heavy atom. The van der Waals surface area contributed by atoms with Crippen molar-refractivity contribution in [3.05, 3.63) is 58.1 Å². The fraction of sp³-hybridized carbons (Fsp3) is 0.500. The largest absolute Gasteiger partial charge is 0.341 e. The Morgan fingerprint density at radius 3 is 2.63 bits per heavy atom. The van der Waals surface area contributed by atoms with E-state index in [-0.39, 0.29) is 6.04 Å². The summed E-state index contributed by atoms with van der Waals surface area (Å²) in [7, 11) is 0. The first-order valence-corrected chi connectivity index (χ1v) is 10.7. The first-order chi connectivity index (χ1) is 14.4. The molecule has 3 heterocycles. The summed E-state index contributed by atoms with van der Waals surface area (Å²) < 4.78 is 0. The quantitative estimate of drug-likeness (QED) is 0.531. The second-order valence-corrected chi connectivity index (χ2v) is 8.59. The highest BCUT2D eigenvalue weighted by atomic mass is 35.5. The number of piperidine rings is 1. The van der Waals surface area contributed by atoms with Crippen LogP contribution in [0, 0.1) is 6.92 Å². The molecule has 162 valence electrons. The molecule has 3 rings (SSSR count). The molecule has 0 bridgehead atoms. The van der Waals surface area contributed by atoms with Gasteiger partial charge in [0.25, 0.3) is 0 Å². The third-order valence-corrected chi connectivity index (χ3v) is 5.98. The van der Waals surface area contributed by atoms with Crippen LogP contribution in [0.15, 0.2) is 30.6 Å². The number of carbonyl (C=O) groups excluding carboxylic acids is 1. The number of urea groups is 1. The van der Waals surface area contributed by atoms with Gasteiger partial charge in [-0.25, -0.2) is 10.3 Å². The molecule has 1 saturated heterocycles. The first-order valence-electron chi connectivity index (χ1n) is 10.4. The molecule has 30 heavy (non-hydrogen) atoms. The number of pyridine rings is 2. The second kappa shape index (κ2) is 10.2. The van der Waals surface area contributed by atoms with E-state index in [1.165, 1.54) is 5.56 Å². The van der Waals surface area contributed by atoms with Crippen molar-refractivity contribution in [3.63, 3.8) is 0 Å². The summed E-state index contributed by atoms with van der Waals surface area (Å²) in [5, 5.41) is 9.55. The van der Waals surface area contributed by atoms with Gasteiger partial charge in [-0.15, -0.1) is 0 Å². The van der Waals surface area contributed by atoms with Gasteiger partial charge in [-0.2, -0.15) is 0 Å². The Labute approximate surface area is 183 Å². The Hall–Kier alpha value is -2.22. The van der Waals surface area contributed by atoms with Crippen LogP contribution in [0.5, 0.6) is 0 Å². The molecule has 2 N–H and O–H groups in total. The van der Waals surface area contributed by atoms with E-state index in [1.54, 1.807) is 16.6 Å². The summed E-state index contributed by atoms with van der Waals surface area (Å²) in [5.41, 5.74) is 6.12. The van der Waals surface area contributed by atoms with Crippen molar-refractivity contribution in [1.29, 1.82) is 0 Å². The maximum Gasteiger partial charge on any atom is 0.341 e. The number of likely N-dealkylation sites (tertiary alicyclic amines) is 1. The van der Waals surface area contributed by atoms with Gasteiger partial charge in [-0.1, -0.05) is 31.5 Å². The molecule has 0 unspecified atom stereocenters. The molecule has 0 aliphatic carbocycles. The lowest BCUT2D eigenvalue weighted by atomic mass is 9.98. The van der Waals surface area contributed by atoms with Gasteiger partial charge in [0.05, 0.1) is 16.4 Å². The first kappa shape index (κ1) is 22.5. The summed E-state index contributed by atoms with van der Waals surface area (Å²) in [6.45, 7) is 8.99. The van der Waals surface area contributed by atoms with Crippen LogP contribution in [-0.2, 0) is 13.1 Å². The van der Waals surface area contributed by atoms with Crippen molar-refractivity contribution in [1.82, 2.24) is 25.2 Å². The Kier molecular flexibility index (Phi) is 7.64. The third-order valence-electron chi connectivity index (χ3n) is 5.77. The molecule has 0 aromatic carbocycles. The standard InChI is InChI=1S/C22H30ClN5O2/c1-15(2)19-5-4-8-24-21(19)14-28(13-20-16(3)11-17(23)12-25-20)18-6-9-27(10-7-18)22(29)26-30/h4-5,8,11-12,15,18,30H,6-7,9-10,13-14H2,1-3H3,(H,26,29). The van der Waals surface area contributed by atoms with Crippen molar-refractivity contribution >= 4 is 17.6 Å². The summed E-state index contributed by atoms with van der Waals surface area (Å²) in [4.78, 5) is 25.0. The van der Waals surface area contributed by atoms with Crippen molar-refractivity contribution in [2.24, 2.45) is 0 Å². The second-order valence-electron chi connectivity index (χ2n) is 8.15. The highest BCUT2D eigenvalue weighted by Gasteiger charge is 2.28. The average molecular weight is 432 g/mol. The number of aryl methyl sites for hydroxylation is 1. The Bertz CT molecular complexity index is 868. The van der Waals surface area contributed by atoms with Gasteiger partial charge in [0.2, 0.25) is 0 Å². The van der Waals surface area contributed by atoms with Crippen LogP contribution < -0.4 is 5.48 Å². The van der Waals surface area contributed by atoms with Crippen LogP contribution in [0.3, 0.4) is 0 Å². The summed E-state index contributed by atoms with van der Waals surface area (Å²) in [6, 6.07) is 5.91. The number of carbonyl (C=O) groups is 1. The van der Waals surface area contributed by atoms with Gasteiger partial charge in [-0.05, 0) is 48.9 Å². The van der Waals surface area contributed by atoms with E-state index < -0.39 is 6.03 Å². The number of nitrogens with one attached hydrogen (secondary N) is 1. The van der Waals surface area contributed by atoms with Gasteiger partial charge in [-0.3, -0.25) is 20.1 Å². The lowest BCUT2D eigenvalue weighted by Gasteiger charge is -2.38. The molecule has 0 atom stereocenters. The SMILES string of the molecule is Cc1cc(Cl)cnc1CN(Cc1ncccc1C(C)C)C1CCN(C(=O)NO)CC1. The van der Waals surface area contributed by atoms with Crippen LogP contribution in [-0.4, -0.2) is 50.1 Å². The van der Waals surface area contributed by atoms with Gasteiger partial charge in [0.15, 0.2) is 0 Å². The van der Waals surface area contributed by atoms with E-state index in [1.807, 2.05) is 25.3 Å². The third kappa shape index (κ3) is 5.47. The molecule has 0 spiro atoms. The molecular weight excluding hydrogens is 402 g/mol. The molecule has 0 saturated carbocycles. The lowest BCUT2D eigenvalue weighted by molar-refractivity contribution is 0.0850. The molecule has 7 nitrogen and oxygen atoms in total. The number of hydroxylamine groups is 1. The molecule has 1 aliphatic heterocycles. The summed E-state index contributed by atoms with van der Waals surface area (Å²) >= 11 is 6.10. The van der Waals surface area contributed by atoms with E-state index in [0.29, 0.717) is 30.6 Å². The zero-order valence-corrected chi connectivity index (χ0v) is 18.6. The van der Waals surface area contributed by atoms with Gasteiger partial charge < -0.3 is 4.90 Å². The minimum Gasteiger partial charge on any atom is -0.323 e. The number of rotatable bonds is 6. The molecule has 0 radical (unpaired) electrons. The zero-order valence-electron chi connectivity index (χ0n) is 17.8. The molecule has 8 heteroatoms. The summed E-state index contributed by atoms with van der Waals surface area (Å²) in [6.07, 6.45) is 5.18. The maximum atomic E-state index is 11.7. The molecule has 1 fully saturated rings. The predicted octanol–water partition coefficient (Wildman–Crippen LogP) is 4.13. The molecule has 2 aromatic rings. The van der Waals surface area contributed by atoms with Crippen molar-refractivity contribution in [3.8, 4) is 0 Å². The molecule has 1 aliphatic rings. The molecular formula is C22H30ClN5O2. The average Bonchev–Trinajstić information content (AvgIpc) is 2.74. The number of halogens is 1. The molecule has 2 amide bonds. The fourth-order valence-electron chi connectivity index (χ4n) is 4.05. The minimum atomic E-state index is -0.443. The number of nitrogens with zero attached hydrogens (tertiary/aromatic N) is 4. The Balaban J connectivity index is 1.83. The Morgan fingerprint density at radius 1 is 1.30 bits per heavy atom. The topological polar surface area (TPSA) is 81.6 Å². The van der Waals surface area contributed by atoms with Crippen LogP contribution in [0.25, 0.3) is 0 Å². The fourth-order valence-corrected chi connectivity index (χ4v) is 4.26. The zero-order chi connectivity index (χ0) is 21.7. The lowest BCUT2D eigenvalue weighted by Crippen LogP contribution is -2.48. The smallest absolute Gasteiger partial charge is 0.323 e. The highest BCUT2D eigenvalue weighted by molar-refractivity contribution is 6.30. The maximum absolute atomic E-state index is 11.7. The van der Waals surface area contributed by atoms with Gasteiger partial charge in [0, 0.05) is 44.6 Å². The van der Waals surface area contributed by atoms with Crippen LogP contribution >= 0.6 is 11.6 Å². The predicted molar refractivity (Wildman–Crippen MR) is 116 cm³/mol. The number of aromatic nitrogens is 2. The number of hydrogen-bond donors (Lipinski definition) is 2. The van der Waals surface area contributed by atoms with E-state index in [2.05, 4.69) is 34.8 Å². The van der Waals surface area contributed by atoms with Gasteiger partial charge >= 0.3 is 6.03 Å². The van der Waals surface area contributed by atoms with Crippen LogP contribution in [0.2, 0.25) is 5.02 Å². The number of amides is 2. The highest BCUT2D eigenvalue weighted by Crippen LogP contribution is 2.25. The monoisotopic (exact) mass is 431 g/mol. The normalized spacial score (nSPS) is 15.1. The number of hydrogen-bond acceptors (Lipinski definition) is 5. The van der Waals surface area contributed by atoms with E-state index in [0.717, 1.165) is 36.3 Å². The van der Waals surface area contributed by atoms with Crippen LogP contribution in [0.1, 0.15) is 55.1 Å². The van der Waals surface area contributed by atoms with Crippen LogP contribution in [0.4, 0.5) is 4.79 Å². The van der Waals surface area contributed by atoms with E-state index >= 15 is 0 Å².